The summed E-state index contributed by atoms with van der Waals surface area (Å²) in [5, 5.41) is 8.67. The molecule has 2 heteroatoms. The molecule has 0 fully saturated rings. The fraction of sp³-hybridized carbons (Fsp3) is 1.00. The molecule has 0 amide bonds. The van der Waals surface area contributed by atoms with E-state index >= 15 is 0 Å². The monoisotopic (exact) mass is 280 g/mol. The van der Waals surface area contributed by atoms with Gasteiger partial charge >= 0.3 is 29.6 Å². The van der Waals surface area contributed by atoms with Crippen LogP contribution in [0.25, 0.3) is 0 Å². The number of hydrogen-bond donors (Lipinski definition) is 1. The molecule has 0 aliphatic carbocycles. The standard InChI is InChI=1S/C17H36O.Na.H/c1-3-4-5-11-14-17(2)15-12-9-7-6-8-10-13-16-18;;/h17-18H,3-16H2,1-2H3;;. The quantitative estimate of drug-likeness (QED) is 0.348. The SMILES string of the molecule is CCCCCCC(C)CCCCCCCCCO.[NaH]. The summed E-state index contributed by atoms with van der Waals surface area (Å²) in [5.74, 6) is 0.941. The van der Waals surface area contributed by atoms with Crippen LogP contribution >= 0.6 is 0 Å². The van der Waals surface area contributed by atoms with Gasteiger partial charge in [-0.1, -0.05) is 90.9 Å². The third-order valence-corrected chi connectivity index (χ3v) is 3.91. The average Bonchev–Trinajstić information content (AvgIpc) is 2.38. The van der Waals surface area contributed by atoms with Gasteiger partial charge in [-0.05, 0) is 12.3 Å². The fourth-order valence-corrected chi connectivity index (χ4v) is 2.55. The van der Waals surface area contributed by atoms with Crippen molar-refractivity contribution in [2.24, 2.45) is 5.92 Å². The van der Waals surface area contributed by atoms with E-state index in [1.165, 1.54) is 77.0 Å². The van der Waals surface area contributed by atoms with E-state index in [9.17, 15) is 0 Å². The molecule has 0 aliphatic rings. The topological polar surface area (TPSA) is 20.2 Å². The Labute approximate surface area is 144 Å². The number of hydrogen-bond acceptors (Lipinski definition) is 1. The molecule has 0 aromatic rings. The zero-order valence-electron chi connectivity index (χ0n) is 12.9. The van der Waals surface area contributed by atoms with Gasteiger partial charge in [0.15, 0.2) is 0 Å². The molecular weight excluding hydrogens is 243 g/mol. The molecule has 0 spiro atoms. The summed E-state index contributed by atoms with van der Waals surface area (Å²) in [7, 11) is 0. The molecule has 0 radical (unpaired) electrons. The summed E-state index contributed by atoms with van der Waals surface area (Å²) in [4.78, 5) is 0. The number of unbranched alkanes of at least 4 members (excludes halogenated alkanes) is 9. The van der Waals surface area contributed by atoms with Crippen LogP contribution in [0.2, 0.25) is 0 Å². The van der Waals surface area contributed by atoms with Crippen molar-refractivity contribution >= 4 is 29.6 Å². The van der Waals surface area contributed by atoms with Crippen LogP contribution in [0.15, 0.2) is 0 Å². The van der Waals surface area contributed by atoms with E-state index in [0.29, 0.717) is 6.61 Å². The Bertz CT molecular complexity index is 150. The van der Waals surface area contributed by atoms with Crippen LogP contribution in [0.3, 0.4) is 0 Å². The minimum absolute atomic E-state index is 0. The van der Waals surface area contributed by atoms with Crippen molar-refractivity contribution in [3.8, 4) is 0 Å². The van der Waals surface area contributed by atoms with Gasteiger partial charge < -0.3 is 5.11 Å². The van der Waals surface area contributed by atoms with Crippen LogP contribution in [0.1, 0.15) is 97.3 Å². The van der Waals surface area contributed by atoms with Crippen LogP contribution in [0.4, 0.5) is 0 Å². The van der Waals surface area contributed by atoms with Gasteiger partial charge in [-0.2, -0.15) is 0 Å². The van der Waals surface area contributed by atoms with Gasteiger partial charge in [0, 0.05) is 6.61 Å². The van der Waals surface area contributed by atoms with Gasteiger partial charge in [0.2, 0.25) is 0 Å². The third-order valence-electron chi connectivity index (χ3n) is 3.91. The number of aliphatic hydroxyl groups excluding tert-OH is 1. The van der Waals surface area contributed by atoms with E-state index in [2.05, 4.69) is 13.8 Å². The Morgan fingerprint density at radius 3 is 1.58 bits per heavy atom. The van der Waals surface area contributed by atoms with E-state index in [4.69, 9.17) is 5.11 Å². The third kappa shape index (κ3) is 19.0. The molecule has 1 unspecified atom stereocenters. The Hall–Kier alpha value is 0.960. The Morgan fingerprint density at radius 2 is 1.11 bits per heavy atom. The molecule has 0 saturated carbocycles. The van der Waals surface area contributed by atoms with Gasteiger partial charge in [0.25, 0.3) is 0 Å². The van der Waals surface area contributed by atoms with Crippen molar-refractivity contribution in [1.82, 2.24) is 0 Å². The summed E-state index contributed by atoms with van der Waals surface area (Å²) < 4.78 is 0. The van der Waals surface area contributed by atoms with Gasteiger partial charge in [-0.3, -0.25) is 0 Å². The van der Waals surface area contributed by atoms with Crippen LogP contribution < -0.4 is 0 Å². The second kappa shape index (κ2) is 19.0. The van der Waals surface area contributed by atoms with Crippen molar-refractivity contribution < 1.29 is 5.11 Å². The van der Waals surface area contributed by atoms with Gasteiger partial charge in [0.05, 0.1) is 0 Å². The molecule has 0 rings (SSSR count). The molecule has 1 atom stereocenters. The van der Waals surface area contributed by atoms with Crippen molar-refractivity contribution in [1.29, 1.82) is 0 Å². The maximum atomic E-state index is 8.67. The normalized spacial score (nSPS) is 12.2. The summed E-state index contributed by atoms with van der Waals surface area (Å²) in [6.07, 6.45) is 17.6. The fourth-order valence-electron chi connectivity index (χ4n) is 2.55. The van der Waals surface area contributed by atoms with Gasteiger partial charge in [0.1, 0.15) is 0 Å². The molecule has 0 aliphatic heterocycles. The van der Waals surface area contributed by atoms with Crippen LogP contribution in [-0.4, -0.2) is 41.3 Å². The van der Waals surface area contributed by atoms with Gasteiger partial charge in [-0.15, -0.1) is 0 Å². The van der Waals surface area contributed by atoms with Crippen molar-refractivity contribution in [3.63, 3.8) is 0 Å². The van der Waals surface area contributed by atoms with E-state index in [-0.39, 0.29) is 29.6 Å². The molecule has 19 heavy (non-hydrogen) atoms. The first kappa shape index (κ1) is 22.2. The summed E-state index contributed by atoms with van der Waals surface area (Å²) in [6.45, 7) is 5.08. The molecule has 0 saturated heterocycles. The van der Waals surface area contributed by atoms with Gasteiger partial charge in [-0.25, -0.2) is 0 Å². The molecule has 1 N–H and O–H groups in total. The first-order valence-corrected chi connectivity index (χ1v) is 8.42. The minimum atomic E-state index is 0. The number of aliphatic hydroxyl groups is 1. The van der Waals surface area contributed by atoms with Crippen LogP contribution in [0.5, 0.6) is 0 Å². The Kier molecular flexibility index (Phi) is 22.2. The molecule has 0 heterocycles. The molecule has 0 aromatic heterocycles. The van der Waals surface area contributed by atoms with Crippen molar-refractivity contribution in [2.45, 2.75) is 97.3 Å². The zero-order chi connectivity index (χ0) is 13.5. The first-order chi connectivity index (χ1) is 8.81. The summed E-state index contributed by atoms with van der Waals surface area (Å²) in [6, 6.07) is 0. The van der Waals surface area contributed by atoms with E-state index in [1.807, 2.05) is 0 Å². The van der Waals surface area contributed by atoms with E-state index in [0.717, 1.165) is 12.3 Å². The van der Waals surface area contributed by atoms with Crippen molar-refractivity contribution in [3.05, 3.63) is 0 Å². The molecule has 112 valence electrons. The van der Waals surface area contributed by atoms with Crippen LogP contribution in [0, 0.1) is 5.92 Å². The summed E-state index contributed by atoms with van der Waals surface area (Å²) >= 11 is 0. The Balaban J connectivity index is 0. The second-order valence-electron chi connectivity index (χ2n) is 5.94. The summed E-state index contributed by atoms with van der Waals surface area (Å²) in [5.41, 5.74) is 0. The maximum absolute atomic E-state index is 8.67. The number of rotatable bonds is 14. The predicted molar refractivity (Wildman–Crippen MR) is 89.1 cm³/mol. The second-order valence-corrected chi connectivity index (χ2v) is 5.94. The van der Waals surface area contributed by atoms with Crippen LogP contribution in [-0.2, 0) is 0 Å². The van der Waals surface area contributed by atoms with E-state index in [1.54, 1.807) is 0 Å². The molecule has 0 aromatic carbocycles. The predicted octanol–water partition coefficient (Wildman–Crippen LogP) is 5.06. The molecular formula is C17H37NaO. The first-order valence-electron chi connectivity index (χ1n) is 8.42. The van der Waals surface area contributed by atoms with E-state index < -0.39 is 0 Å². The molecule has 0 bridgehead atoms. The molecule has 1 nitrogen and oxygen atoms in total. The average molecular weight is 280 g/mol. The Morgan fingerprint density at radius 1 is 0.684 bits per heavy atom. The van der Waals surface area contributed by atoms with Crippen molar-refractivity contribution in [2.75, 3.05) is 6.61 Å². The zero-order valence-corrected chi connectivity index (χ0v) is 12.9.